The highest BCUT2D eigenvalue weighted by molar-refractivity contribution is 5.91. The SMILES string of the molecule is Cc1cccc(NC(=O)COCc2ccc(C(=O)O)cc2)c1. The summed E-state index contributed by atoms with van der Waals surface area (Å²) in [4.78, 5) is 22.5. The summed E-state index contributed by atoms with van der Waals surface area (Å²) in [5.41, 5.74) is 2.84. The van der Waals surface area contributed by atoms with Crippen LogP contribution >= 0.6 is 0 Å². The van der Waals surface area contributed by atoms with Gasteiger partial charge in [-0.2, -0.15) is 0 Å². The number of nitrogens with one attached hydrogen (secondary N) is 1. The van der Waals surface area contributed by atoms with Crippen LogP contribution in [0.1, 0.15) is 21.5 Å². The number of carboxylic acid groups (broad SMARTS) is 1. The van der Waals surface area contributed by atoms with E-state index in [9.17, 15) is 9.59 Å². The first-order valence-corrected chi connectivity index (χ1v) is 6.81. The van der Waals surface area contributed by atoms with Gasteiger partial charge in [0.2, 0.25) is 5.91 Å². The Bertz CT molecular complexity index is 665. The number of carbonyl (C=O) groups excluding carboxylic acids is 1. The zero-order chi connectivity index (χ0) is 15.9. The van der Waals surface area contributed by atoms with Crippen LogP contribution in [0.25, 0.3) is 0 Å². The number of rotatable bonds is 6. The fourth-order valence-electron chi connectivity index (χ4n) is 1.93. The molecule has 0 radical (unpaired) electrons. The molecule has 5 nitrogen and oxygen atoms in total. The number of benzene rings is 2. The monoisotopic (exact) mass is 299 g/mol. The third kappa shape index (κ3) is 4.71. The third-order valence-corrected chi connectivity index (χ3v) is 3.00. The summed E-state index contributed by atoms with van der Waals surface area (Å²) in [6.45, 7) is 2.14. The molecule has 0 unspecified atom stereocenters. The second-order valence-electron chi connectivity index (χ2n) is 4.91. The molecule has 1 amide bonds. The molecule has 2 aromatic carbocycles. The number of aryl methyl sites for hydroxylation is 1. The predicted octanol–water partition coefficient (Wildman–Crippen LogP) is 2.85. The first-order valence-electron chi connectivity index (χ1n) is 6.81. The van der Waals surface area contributed by atoms with Crippen molar-refractivity contribution in [1.29, 1.82) is 0 Å². The molecule has 5 heteroatoms. The Kier molecular flexibility index (Phi) is 5.27. The number of carboxylic acids is 1. The van der Waals surface area contributed by atoms with Gasteiger partial charge >= 0.3 is 5.97 Å². The van der Waals surface area contributed by atoms with Gasteiger partial charge in [0.15, 0.2) is 0 Å². The maximum absolute atomic E-state index is 11.7. The zero-order valence-electron chi connectivity index (χ0n) is 12.2. The van der Waals surface area contributed by atoms with Crippen LogP contribution in [-0.4, -0.2) is 23.6 Å². The normalized spacial score (nSPS) is 10.2. The van der Waals surface area contributed by atoms with E-state index in [-0.39, 0.29) is 24.7 Å². The van der Waals surface area contributed by atoms with Crippen LogP contribution in [0.15, 0.2) is 48.5 Å². The summed E-state index contributed by atoms with van der Waals surface area (Å²) in [7, 11) is 0. The van der Waals surface area contributed by atoms with Crippen molar-refractivity contribution < 1.29 is 19.4 Å². The number of anilines is 1. The van der Waals surface area contributed by atoms with Gasteiger partial charge in [-0.1, -0.05) is 24.3 Å². The highest BCUT2D eigenvalue weighted by Crippen LogP contribution is 2.09. The summed E-state index contributed by atoms with van der Waals surface area (Å²) < 4.78 is 5.32. The van der Waals surface area contributed by atoms with E-state index in [0.717, 1.165) is 16.8 Å². The first kappa shape index (κ1) is 15.7. The quantitative estimate of drug-likeness (QED) is 0.860. The van der Waals surface area contributed by atoms with Crippen LogP contribution in [0.4, 0.5) is 5.69 Å². The molecule has 0 aliphatic rings. The highest BCUT2D eigenvalue weighted by Gasteiger charge is 2.04. The van der Waals surface area contributed by atoms with Crippen molar-refractivity contribution in [2.75, 3.05) is 11.9 Å². The van der Waals surface area contributed by atoms with Crippen molar-refractivity contribution in [2.45, 2.75) is 13.5 Å². The summed E-state index contributed by atoms with van der Waals surface area (Å²) in [6, 6.07) is 13.9. The Morgan fingerprint density at radius 3 is 2.50 bits per heavy atom. The molecule has 0 heterocycles. The number of hydrogen-bond donors (Lipinski definition) is 2. The number of amides is 1. The van der Waals surface area contributed by atoms with Gasteiger partial charge in [0, 0.05) is 5.69 Å². The van der Waals surface area contributed by atoms with Gasteiger partial charge in [-0.15, -0.1) is 0 Å². The summed E-state index contributed by atoms with van der Waals surface area (Å²) >= 11 is 0. The standard InChI is InChI=1S/C17H17NO4/c1-12-3-2-4-15(9-12)18-16(19)11-22-10-13-5-7-14(8-6-13)17(20)21/h2-9H,10-11H2,1H3,(H,18,19)(H,20,21). The Hall–Kier alpha value is -2.66. The van der Waals surface area contributed by atoms with E-state index in [1.54, 1.807) is 12.1 Å². The zero-order valence-corrected chi connectivity index (χ0v) is 12.2. The van der Waals surface area contributed by atoms with Gasteiger partial charge in [-0.05, 0) is 42.3 Å². The molecule has 0 fully saturated rings. The first-order chi connectivity index (χ1) is 10.5. The van der Waals surface area contributed by atoms with Crippen molar-refractivity contribution in [3.8, 4) is 0 Å². The van der Waals surface area contributed by atoms with Crippen molar-refractivity contribution in [3.05, 3.63) is 65.2 Å². The Morgan fingerprint density at radius 1 is 1.14 bits per heavy atom. The second kappa shape index (κ2) is 7.38. The summed E-state index contributed by atoms with van der Waals surface area (Å²) in [5, 5.41) is 11.6. The van der Waals surface area contributed by atoms with Crippen molar-refractivity contribution in [2.24, 2.45) is 0 Å². The number of aromatic carboxylic acids is 1. The van der Waals surface area contributed by atoms with Gasteiger partial charge in [-0.3, -0.25) is 4.79 Å². The molecule has 0 saturated carbocycles. The molecule has 0 saturated heterocycles. The molecule has 22 heavy (non-hydrogen) atoms. The molecule has 0 aromatic heterocycles. The van der Waals surface area contributed by atoms with E-state index in [0.29, 0.717) is 0 Å². The van der Waals surface area contributed by atoms with Gasteiger partial charge in [0.1, 0.15) is 6.61 Å². The summed E-state index contributed by atoms with van der Waals surface area (Å²) in [5.74, 6) is -1.20. The molecule has 2 rings (SSSR count). The van der Waals surface area contributed by atoms with E-state index in [4.69, 9.17) is 9.84 Å². The van der Waals surface area contributed by atoms with Gasteiger partial charge in [0.25, 0.3) is 0 Å². The lowest BCUT2D eigenvalue weighted by Gasteiger charge is -2.07. The lowest BCUT2D eigenvalue weighted by molar-refractivity contribution is -0.121. The molecule has 114 valence electrons. The number of hydrogen-bond acceptors (Lipinski definition) is 3. The van der Waals surface area contributed by atoms with Crippen LogP contribution in [0.2, 0.25) is 0 Å². The molecule has 2 aromatic rings. The van der Waals surface area contributed by atoms with Crippen molar-refractivity contribution >= 4 is 17.6 Å². The van der Waals surface area contributed by atoms with E-state index >= 15 is 0 Å². The number of carbonyl (C=O) groups is 2. The average molecular weight is 299 g/mol. The van der Waals surface area contributed by atoms with Crippen LogP contribution < -0.4 is 5.32 Å². The lowest BCUT2D eigenvalue weighted by atomic mass is 10.1. The van der Waals surface area contributed by atoms with Crippen molar-refractivity contribution in [1.82, 2.24) is 0 Å². The van der Waals surface area contributed by atoms with Gasteiger partial charge in [-0.25, -0.2) is 4.79 Å². The third-order valence-electron chi connectivity index (χ3n) is 3.00. The minimum Gasteiger partial charge on any atom is -0.478 e. The van der Waals surface area contributed by atoms with Crippen LogP contribution in [-0.2, 0) is 16.1 Å². The number of ether oxygens (including phenoxy) is 1. The molecule has 0 aliphatic carbocycles. The minimum atomic E-state index is -0.968. The van der Waals surface area contributed by atoms with Crippen molar-refractivity contribution in [3.63, 3.8) is 0 Å². The Labute approximate surface area is 128 Å². The minimum absolute atomic E-state index is 0.0609. The molecular weight excluding hydrogens is 282 g/mol. The highest BCUT2D eigenvalue weighted by atomic mass is 16.5. The maximum Gasteiger partial charge on any atom is 0.335 e. The maximum atomic E-state index is 11.7. The van der Waals surface area contributed by atoms with Crippen LogP contribution in [0.5, 0.6) is 0 Å². The largest absolute Gasteiger partial charge is 0.478 e. The smallest absolute Gasteiger partial charge is 0.335 e. The average Bonchev–Trinajstić information content (AvgIpc) is 2.47. The fourth-order valence-corrected chi connectivity index (χ4v) is 1.93. The van der Waals surface area contributed by atoms with Crippen LogP contribution in [0, 0.1) is 6.92 Å². The predicted molar refractivity (Wildman–Crippen MR) is 82.9 cm³/mol. The molecule has 0 bridgehead atoms. The fraction of sp³-hybridized carbons (Fsp3) is 0.176. The molecule has 0 atom stereocenters. The van der Waals surface area contributed by atoms with E-state index in [1.807, 2.05) is 31.2 Å². The topological polar surface area (TPSA) is 75.6 Å². The van der Waals surface area contributed by atoms with Gasteiger partial charge < -0.3 is 15.2 Å². The van der Waals surface area contributed by atoms with E-state index in [1.165, 1.54) is 12.1 Å². The van der Waals surface area contributed by atoms with Gasteiger partial charge in [0.05, 0.1) is 12.2 Å². The molecule has 0 aliphatic heterocycles. The second-order valence-corrected chi connectivity index (χ2v) is 4.91. The van der Waals surface area contributed by atoms with E-state index in [2.05, 4.69) is 5.32 Å². The Morgan fingerprint density at radius 2 is 1.86 bits per heavy atom. The van der Waals surface area contributed by atoms with E-state index < -0.39 is 5.97 Å². The lowest BCUT2D eigenvalue weighted by Crippen LogP contribution is -2.18. The molecular formula is C17H17NO4. The Balaban J connectivity index is 1.78. The molecule has 2 N–H and O–H groups in total. The molecule has 0 spiro atoms. The van der Waals surface area contributed by atoms with Crippen LogP contribution in [0.3, 0.4) is 0 Å². The summed E-state index contributed by atoms with van der Waals surface area (Å²) in [6.07, 6.45) is 0.